The number of hydrogen-bond acceptors (Lipinski definition) is 8. The smallest absolute Gasteiger partial charge is 0.234 e. The molecule has 0 saturated carbocycles. The average molecular weight is 496 g/mol. The second-order valence-corrected chi connectivity index (χ2v) is 9.94. The molecule has 0 bridgehead atoms. The maximum absolute atomic E-state index is 11.6. The number of fused-ring (bicyclic) bond motifs is 2. The Morgan fingerprint density at radius 1 is 1.26 bits per heavy atom. The van der Waals surface area contributed by atoms with E-state index in [2.05, 4.69) is 21.7 Å². The van der Waals surface area contributed by atoms with Gasteiger partial charge in [0, 0.05) is 22.9 Å². The van der Waals surface area contributed by atoms with Crippen molar-refractivity contribution >= 4 is 34.3 Å². The van der Waals surface area contributed by atoms with Crippen LogP contribution in [0, 0.1) is 0 Å². The number of aliphatic hydroxyl groups is 2. The number of ether oxygens (including phenoxy) is 2. The zero-order valence-electron chi connectivity index (χ0n) is 19.4. The number of rotatable bonds is 7. The molecule has 3 aromatic rings. The SMILES string of the molecule is COc1cnc2cccc(C(O)C(O)[C@@H]3CC[C@@H](NCc4ccc5c(c4)NC(=O)CS5)CO3)c2c1. The lowest BCUT2D eigenvalue weighted by Gasteiger charge is -2.34. The van der Waals surface area contributed by atoms with Gasteiger partial charge in [-0.15, -0.1) is 11.8 Å². The molecular formula is C26H29N3O5S. The van der Waals surface area contributed by atoms with Crippen molar-refractivity contribution in [1.82, 2.24) is 10.3 Å². The van der Waals surface area contributed by atoms with Crippen LogP contribution in [0.25, 0.3) is 10.9 Å². The first-order valence-electron chi connectivity index (χ1n) is 11.7. The maximum Gasteiger partial charge on any atom is 0.234 e. The van der Waals surface area contributed by atoms with E-state index in [9.17, 15) is 15.0 Å². The minimum atomic E-state index is -1.11. The number of anilines is 1. The van der Waals surface area contributed by atoms with Gasteiger partial charge in [-0.25, -0.2) is 0 Å². The van der Waals surface area contributed by atoms with E-state index < -0.39 is 18.3 Å². The number of pyridine rings is 1. The molecule has 1 aromatic heterocycles. The van der Waals surface area contributed by atoms with Crippen LogP contribution >= 0.6 is 11.8 Å². The van der Waals surface area contributed by atoms with Crippen LogP contribution in [-0.2, 0) is 16.1 Å². The second-order valence-electron chi connectivity index (χ2n) is 8.92. The Kier molecular flexibility index (Phi) is 7.22. The van der Waals surface area contributed by atoms with Crippen molar-refractivity contribution in [2.45, 2.75) is 48.6 Å². The molecule has 0 radical (unpaired) electrons. The first-order chi connectivity index (χ1) is 17.0. The summed E-state index contributed by atoms with van der Waals surface area (Å²) in [7, 11) is 1.57. The zero-order valence-corrected chi connectivity index (χ0v) is 20.3. The number of nitrogens with one attached hydrogen (secondary N) is 2. The predicted molar refractivity (Wildman–Crippen MR) is 135 cm³/mol. The van der Waals surface area contributed by atoms with E-state index >= 15 is 0 Å². The number of carbonyl (C=O) groups excluding carboxylic acids is 1. The summed E-state index contributed by atoms with van der Waals surface area (Å²) in [4.78, 5) is 17.1. The molecule has 2 aliphatic rings. The largest absolute Gasteiger partial charge is 0.495 e. The highest BCUT2D eigenvalue weighted by atomic mass is 32.2. The van der Waals surface area contributed by atoms with Gasteiger partial charge in [-0.05, 0) is 48.2 Å². The summed E-state index contributed by atoms with van der Waals surface area (Å²) < 4.78 is 11.2. The molecule has 3 heterocycles. The average Bonchev–Trinajstić information content (AvgIpc) is 2.90. The fourth-order valence-electron chi connectivity index (χ4n) is 4.61. The van der Waals surface area contributed by atoms with Gasteiger partial charge in [0.1, 0.15) is 18.0 Å². The fourth-order valence-corrected chi connectivity index (χ4v) is 5.40. The number of benzene rings is 2. The lowest BCUT2D eigenvalue weighted by Crippen LogP contribution is -2.45. The maximum atomic E-state index is 11.6. The normalized spacial score (nSPS) is 21.7. The molecule has 2 aromatic carbocycles. The molecule has 5 rings (SSSR count). The molecule has 4 atom stereocenters. The molecule has 8 nitrogen and oxygen atoms in total. The van der Waals surface area contributed by atoms with Gasteiger partial charge in [-0.3, -0.25) is 9.78 Å². The van der Waals surface area contributed by atoms with Crippen molar-refractivity contribution in [1.29, 1.82) is 0 Å². The Hall–Kier alpha value is -2.69. The molecule has 2 aliphatic heterocycles. The molecule has 0 spiro atoms. The highest BCUT2D eigenvalue weighted by molar-refractivity contribution is 8.00. The lowest BCUT2D eigenvalue weighted by atomic mass is 9.92. The minimum Gasteiger partial charge on any atom is -0.495 e. The molecule has 1 saturated heterocycles. The van der Waals surface area contributed by atoms with Crippen LogP contribution < -0.4 is 15.4 Å². The molecule has 1 fully saturated rings. The van der Waals surface area contributed by atoms with Crippen molar-refractivity contribution in [3.63, 3.8) is 0 Å². The Morgan fingerprint density at radius 2 is 2.14 bits per heavy atom. The van der Waals surface area contributed by atoms with Crippen LogP contribution in [0.5, 0.6) is 5.75 Å². The van der Waals surface area contributed by atoms with Crippen LogP contribution in [0.2, 0.25) is 0 Å². The predicted octanol–water partition coefficient (Wildman–Crippen LogP) is 3.02. The number of carbonyl (C=O) groups is 1. The molecular weight excluding hydrogens is 466 g/mol. The summed E-state index contributed by atoms with van der Waals surface area (Å²) in [6.45, 7) is 1.10. The van der Waals surface area contributed by atoms with Crippen LogP contribution in [0.1, 0.15) is 30.1 Å². The van der Waals surface area contributed by atoms with Gasteiger partial charge < -0.3 is 30.3 Å². The van der Waals surface area contributed by atoms with E-state index in [1.54, 1.807) is 31.1 Å². The third-order valence-electron chi connectivity index (χ3n) is 6.58. The van der Waals surface area contributed by atoms with Gasteiger partial charge >= 0.3 is 0 Å². The monoisotopic (exact) mass is 495 g/mol. The van der Waals surface area contributed by atoms with Gasteiger partial charge in [-0.2, -0.15) is 0 Å². The van der Waals surface area contributed by atoms with E-state index in [0.29, 0.717) is 36.6 Å². The van der Waals surface area contributed by atoms with Crippen LogP contribution in [-0.4, -0.2) is 58.8 Å². The molecule has 4 N–H and O–H groups in total. The van der Waals surface area contributed by atoms with Gasteiger partial charge in [0.15, 0.2) is 0 Å². The lowest BCUT2D eigenvalue weighted by molar-refractivity contribution is -0.114. The van der Waals surface area contributed by atoms with Gasteiger partial charge in [0.25, 0.3) is 0 Å². The molecule has 35 heavy (non-hydrogen) atoms. The van der Waals surface area contributed by atoms with E-state index in [-0.39, 0.29) is 11.9 Å². The highest BCUT2D eigenvalue weighted by Crippen LogP contribution is 2.33. The Bertz CT molecular complexity index is 1210. The fraction of sp³-hybridized carbons (Fsp3) is 0.385. The number of amides is 1. The third kappa shape index (κ3) is 5.29. The molecule has 1 amide bonds. The Balaban J connectivity index is 1.17. The van der Waals surface area contributed by atoms with Gasteiger partial charge in [0.2, 0.25) is 5.91 Å². The summed E-state index contributed by atoms with van der Waals surface area (Å²) in [5, 5.41) is 29.1. The van der Waals surface area contributed by atoms with Crippen LogP contribution in [0.3, 0.4) is 0 Å². The second kappa shape index (κ2) is 10.5. The third-order valence-corrected chi connectivity index (χ3v) is 7.65. The minimum absolute atomic E-state index is 0.0268. The number of methoxy groups -OCH3 is 1. The zero-order chi connectivity index (χ0) is 24.4. The summed E-state index contributed by atoms with van der Waals surface area (Å²) >= 11 is 1.55. The quantitative estimate of drug-likeness (QED) is 0.396. The summed E-state index contributed by atoms with van der Waals surface area (Å²) in [5.41, 5.74) is 3.28. The van der Waals surface area contributed by atoms with Crippen LogP contribution in [0.15, 0.2) is 53.6 Å². The topological polar surface area (TPSA) is 113 Å². The first-order valence-corrected chi connectivity index (χ1v) is 12.7. The highest BCUT2D eigenvalue weighted by Gasteiger charge is 2.33. The summed E-state index contributed by atoms with van der Waals surface area (Å²) in [6.07, 6.45) is 0.439. The summed E-state index contributed by atoms with van der Waals surface area (Å²) in [5.74, 6) is 1.07. The van der Waals surface area contributed by atoms with E-state index in [0.717, 1.165) is 33.5 Å². The van der Waals surface area contributed by atoms with E-state index in [1.807, 2.05) is 30.3 Å². The first kappa shape index (κ1) is 24.0. The van der Waals surface area contributed by atoms with E-state index in [1.165, 1.54) is 0 Å². The Labute approximate surface area is 208 Å². The standard InChI is InChI=1S/C26H29N3O5S/c1-33-17-10-19-18(3-2-4-20(19)28-12-17)25(31)26(32)22-7-6-16(13-34-22)27-11-15-5-8-23-21(9-15)29-24(30)14-35-23/h2-5,8-10,12,16,22,25-27,31-32H,6-7,11,13-14H2,1H3,(H,29,30)/t16-,22+,25?,26?/m1/s1. The van der Waals surface area contributed by atoms with Crippen molar-refractivity contribution in [3.05, 3.63) is 59.8 Å². The Morgan fingerprint density at radius 3 is 2.94 bits per heavy atom. The summed E-state index contributed by atoms with van der Waals surface area (Å²) in [6, 6.07) is 13.6. The van der Waals surface area contributed by atoms with Crippen molar-refractivity contribution < 1.29 is 24.5 Å². The van der Waals surface area contributed by atoms with Crippen molar-refractivity contribution in [2.75, 3.05) is 24.8 Å². The van der Waals surface area contributed by atoms with Crippen molar-refractivity contribution in [2.24, 2.45) is 0 Å². The van der Waals surface area contributed by atoms with Crippen LogP contribution in [0.4, 0.5) is 5.69 Å². The number of thioether (sulfide) groups is 1. The van der Waals surface area contributed by atoms with Gasteiger partial charge in [-0.1, -0.05) is 18.2 Å². The van der Waals surface area contributed by atoms with E-state index in [4.69, 9.17) is 9.47 Å². The molecule has 2 unspecified atom stereocenters. The number of nitrogens with zero attached hydrogens (tertiary/aromatic N) is 1. The number of aromatic nitrogens is 1. The molecule has 9 heteroatoms. The van der Waals surface area contributed by atoms with Gasteiger partial charge in [0.05, 0.1) is 43.0 Å². The molecule has 0 aliphatic carbocycles. The van der Waals surface area contributed by atoms with Crippen molar-refractivity contribution in [3.8, 4) is 5.75 Å². The molecule has 184 valence electrons. The number of hydrogen-bond donors (Lipinski definition) is 4. The number of aliphatic hydroxyl groups excluding tert-OH is 2.